The van der Waals surface area contributed by atoms with Gasteiger partial charge in [-0.1, -0.05) is 67.9 Å². The molecule has 0 aromatic heterocycles. The van der Waals surface area contributed by atoms with Crippen LogP contribution in [0.1, 0.15) is 89.0 Å². The van der Waals surface area contributed by atoms with Gasteiger partial charge in [0.25, 0.3) is 0 Å². The molecule has 3 aliphatic rings. The van der Waals surface area contributed by atoms with Crippen LogP contribution in [0.5, 0.6) is 0 Å². The third kappa shape index (κ3) is 4.87. The maximum absolute atomic E-state index is 13.1. The van der Waals surface area contributed by atoms with Gasteiger partial charge < -0.3 is 30.5 Å². The Hall–Kier alpha value is 0.452. The van der Waals surface area contributed by atoms with Crippen molar-refractivity contribution in [2.24, 2.45) is 46.3 Å². The van der Waals surface area contributed by atoms with E-state index >= 15 is 0 Å². The predicted molar refractivity (Wildman–Crippen MR) is 149 cm³/mol. The summed E-state index contributed by atoms with van der Waals surface area (Å²) in [5.41, 5.74) is -1.76. The molecular formula is C31H55AcNO6. The van der Waals surface area contributed by atoms with E-state index in [1.165, 1.54) is 0 Å². The normalized spacial score (nSPS) is 47.2. The molecule has 13 atom stereocenters. The summed E-state index contributed by atoms with van der Waals surface area (Å²) >= 11 is 0. The first-order valence-electron chi connectivity index (χ1n) is 14.7. The quantitative estimate of drug-likeness (QED) is 0.214. The molecule has 0 heterocycles. The average molecular weight is 765 g/mol. The number of carbonyl (C=O) groups is 1. The third-order valence-corrected chi connectivity index (χ3v) is 12.5. The molecule has 3 rings (SSSR count). The molecular weight excluding hydrogens is 709 g/mol. The Morgan fingerprint density at radius 2 is 1.62 bits per heavy atom. The van der Waals surface area contributed by atoms with Crippen molar-refractivity contribution in [3.8, 4) is 0 Å². The Balaban J connectivity index is 0.00000533. The largest absolute Gasteiger partial charge is 0.455 e. The van der Waals surface area contributed by atoms with Crippen LogP contribution in [-0.2, 0) is 9.53 Å². The number of carbonyl (C=O) groups excluding carboxylic acids is 1. The van der Waals surface area contributed by atoms with E-state index < -0.39 is 64.7 Å². The van der Waals surface area contributed by atoms with Gasteiger partial charge >= 0.3 is 5.97 Å². The van der Waals surface area contributed by atoms with Crippen molar-refractivity contribution < 1.29 is 74.0 Å². The van der Waals surface area contributed by atoms with Gasteiger partial charge in [0.05, 0.1) is 17.3 Å². The van der Waals surface area contributed by atoms with E-state index in [-0.39, 0.29) is 67.2 Å². The first kappa shape index (κ1) is 35.6. The van der Waals surface area contributed by atoms with Crippen LogP contribution in [0.4, 0.5) is 0 Å². The van der Waals surface area contributed by atoms with Gasteiger partial charge in [-0.2, -0.15) is 0 Å². The molecule has 1 radical (unpaired) electrons. The fourth-order valence-corrected chi connectivity index (χ4v) is 9.74. The summed E-state index contributed by atoms with van der Waals surface area (Å²) in [6.45, 7) is 22.6. The molecule has 0 aromatic rings. The molecule has 3 aliphatic carbocycles. The molecule has 7 nitrogen and oxygen atoms in total. The smallest absolute Gasteiger partial charge is 0.337 e. The van der Waals surface area contributed by atoms with Crippen LogP contribution in [0.3, 0.4) is 0 Å². The summed E-state index contributed by atoms with van der Waals surface area (Å²) in [5.74, 6) is -1.80. The summed E-state index contributed by atoms with van der Waals surface area (Å²) in [4.78, 5) is 13.1. The zero-order chi connectivity index (χ0) is 29.3. The van der Waals surface area contributed by atoms with E-state index in [2.05, 4.69) is 46.9 Å². The van der Waals surface area contributed by atoms with Crippen LogP contribution in [0.2, 0.25) is 0 Å². The standard InChI is InChI=1S/C31H55NO6.Ac/c1-13-30(36)22(33)14-15(2)29(11)18(5)16(3)23-17(4)25(38-27(35)24(34)21(8)32-12)19(6)31(37,28(23,9)10)20(7)26(29)30;/h15-16,18-22,24-26,32-34,36-37H,13-14H2,1-12H3;/t15?,16?,18?,19-,20-,21?,22?,24?,25?,26?,29-,30-,31?;/m0./s1. The van der Waals surface area contributed by atoms with Crippen LogP contribution < -0.4 is 5.32 Å². The molecule has 8 heteroatoms. The van der Waals surface area contributed by atoms with Crippen LogP contribution in [0.25, 0.3) is 0 Å². The number of rotatable bonds is 5. The van der Waals surface area contributed by atoms with Crippen molar-refractivity contribution in [3.05, 3.63) is 11.1 Å². The van der Waals surface area contributed by atoms with Gasteiger partial charge in [0.15, 0.2) is 6.10 Å². The van der Waals surface area contributed by atoms with E-state index in [0.717, 1.165) is 11.1 Å². The Labute approximate surface area is 272 Å². The van der Waals surface area contributed by atoms with Crippen molar-refractivity contribution >= 4 is 5.97 Å². The minimum atomic E-state index is -1.37. The topological polar surface area (TPSA) is 119 Å². The third-order valence-electron chi connectivity index (χ3n) is 12.5. The molecule has 2 bridgehead atoms. The summed E-state index contributed by atoms with van der Waals surface area (Å²) in [5, 5.41) is 50.0. The molecule has 0 spiro atoms. The van der Waals surface area contributed by atoms with Crippen LogP contribution >= 0.6 is 0 Å². The zero-order valence-electron chi connectivity index (χ0n) is 26.4. The Morgan fingerprint density at radius 3 is 2.10 bits per heavy atom. The van der Waals surface area contributed by atoms with Crippen molar-refractivity contribution in [2.45, 2.75) is 125 Å². The number of hydrogen-bond donors (Lipinski definition) is 5. The number of esters is 1. The molecule has 9 unspecified atom stereocenters. The van der Waals surface area contributed by atoms with Gasteiger partial charge in [-0.3, -0.25) is 0 Å². The second-order valence-electron chi connectivity index (χ2n) is 13.9. The molecule has 5 N–H and O–H groups in total. The molecule has 0 aliphatic heterocycles. The van der Waals surface area contributed by atoms with Gasteiger partial charge in [0.1, 0.15) is 6.10 Å². The SMILES string of the molecule is CC[C@]1(O)C(O)CC(C)[C@@]2(C)C(C)C(C)C3=C(C)C(OC(=O)C(O)C(C)NC)[C@H](C)C(O)([C@@H](C)C12)C3(C)C.[Ac]. The minimum Gasteiger partial charge on any atom is -0.455 e. The molecule has 0 amide bonds. The van der Waals surface area contributed by atoms with E-state index in [1.807, 2.05) is 27.7 Å². The Kier molecular flexibility index (Phi) is 10.8. The van der Waals surface area contributed by atoms with E-state index in [1.54, 1.807) is 14.0 Å². The van der Waals surface area contributed by atoms with E-state index in [0.29, 0.717) is 12.8 Å². The van der Waals surface area contributed by atoms with Crippen LogP contribution in [-0.4, -0.2) is 69.0 Å². The summed E-state index contributed by atoms with van der Waals surface area (Å²) in [7, 11) is 1.68. The number of ether oxygens (including phenoxy) is 1. The second kappa shape index (κ2) is 11.9. The predicted octanol–water partition coefficient (Wildman–Crippen LogP) is 3.68. The van der Waals surface area contributed by atoms with E-state index in [9.17, 15) is 25.2 Å². The fourth-order valence-electron chi connectivity index (χ4n) is 9.74. The van der Waals surface area contributed by atoms with Crippen molar-refractivity contribution in [1.82, 2.24) is 5.32 Å². The minimum absolute atomic E-state index is 0. The summed E-state index contributed by atoms with van der Waals surface area (Å²) in [6.07, 6.45) is -2.06. The summed E-state index contributed by atoms with van der Waals surface area (Å²) < 4.78 is 6.05. The molecule has 223 valence electrons. The first-order valence-corrected chi connectivity index (χ1v) is 14.7. The maximum atomic E-state index is 13.1. The van der Waals surface area contributed by atoms with Crippen molar-refractivity contribution in [2.75, 3.05) is 7.05 Å². The molecule has 2 fully saturated rings. The molecule has 2 saturated carbocycles. The van der Waals surface area contributed by atoms with E-state index in [4.69, 9.17) is 4.74 Å². The number of aliphatic hydroxyl groups is 4. The fraction of sp³-hybridized carbons (Fsp3) is 0.903. The average Bonchev–Trinajstić information content (AvgIpc) is 2.86. The zero-order valence-corrected chi connectivity index (χ0v) is 31.1. The monoisotopic (exact) mass is 764 g/mol. The number of hydrogen-bond acceptors (Lipinski definition) is 7. The number of aliphatic hydroxyl groups excluding tert-OH is 2. The van der Waals surface area contributed by atoms with Gasteiger partial charge in [-0.05, 0) is 68.4 Å². The molecule has 0 aromatic carbocycles. The maximum Gasteiger partial charge on any atom is 0.337 e. The van der Waals surface area contributed by atoms with Gasteiger partial charge in [0.2, 0.25) is 0 Å². The number of likely N-dealkylation sites (N-methyl/N-ethyl adjacent to an activating group) is 1. The van der Waals surface area contributed by atoms with Crippen LogP contribution in [0, 0.1) is 90.4 Å². The van der Waals surface area contributed by atoms with Crippen molar-refractivity contribution in [3.63, 3.8) is 0 Å². The number of nitrogens with one attached hydrogen (secondary N) is 1. The second-order valence-corrected chi connectivity index (χ2v) is 13.9. The Bertz CT molecular complexity index is 955. The van der Waals surface area contributed by atoms with Gasteiger partial charge in [0, 0.05) is 67.4 Å². The van der Waals surface area contributed by atoms with Crippen molar-refractivity contribution in [1.29, 1.82) is 0 Å². The summed E-state index contributed by atoms with van der Waals surface area (Å²) in [6, 6.07) is -0.484. The Morgan fingerprint density at radius 1 is 1.08 bits per heavy atom. The molecule has 0 saturated heterocycles. The molecule has 39 heavy (non-hydrogen) atoms. The number of fused-ring (bicyclic) bond motifs is 3. The van der Waals surface area contributed by atoms with Gasteiger partial charge in [-0.15, -0.1) is 0 Å². The van der Waals surface area contributed by atoms with Crippen LogP contribution in [0.15, 0.2) is 11.1 Å². The first-order chi connectivity index (χ1) is 17.3. The van der Waals surface area contributed by atoms with Gasteiger partial charge in [-0.25, -0.2) is 4.79 Å².